The Hall–Kier alpha value is -3.13. The normalized spacial score (nSPS) is 11.0. The van der Waals surface area contributed by atoms with Crippen molar-refractivity contribution in [3.05, 3.63) is 71.4 Å². The van der Waals surface area contributed by atoms with Crippen molar-refractivity contribution < 1.29 is 13.6 Å². The summed E-state index contributed by atoms with van der Waals surface area (Å²) in [7, 11) is 0. The first kappa shape index (κ1) is 16.3. The fourth-order valence-electron chi connectivity index (χ4n) is 2.50. The molecule has 0 radical (unpaired) electrons. The van der Waals surface area contributed by atoms with Gasteiger partial charge >= 0.3 is 0 Å². The molecule has 8 heteroatoms. The van der Waals surface area contributed by atoms with Gasteiger partial charge in [-0.25, -0.2) is 13.8 Å². The molecule has 0 spiro atoms. The number of carbonyl (C=O) groups excluding carboxylic acids is 1. The van der Waals surface area contributed by atoms with Crippen LogP contribution in [-0.2, 0) is 0 Å². The average Bonchev–Trinajstić information content (AvgIpc) is 3.18. The Labute approximate surface area is 150 Å². The number of aryl methyl sites for hydroxylation is 1. The van der Waals surface area contributed by atoms with Crippen molar-refractivity contribution in [2.45, 2.75) is 6.92 Å². The van der Waals surface area contributed by atoms with Gasteiger partial charge in [0.25, 0.3) is 5.91 Å². The molecule has 2 aromatic heterocycles. The van der Waals surface area contributed by atoms with Crippen LogP contribution in [0.4, 0.5) is 14.6 Å². The van der Waals surface area contributed by atoms with E-state index in [0.717, 1.165) is 0 Å². The van der Waals surface area contributed by atoms with Crippen molar-refractivity contribution >= 4 is 33.3 Å². The molecule has 0 unspecified atom stereocenters. The third-order valence-electron chi connectivity index (χ3n) is 3.70. The number of hydrogen-bond acceptors (Lipinski definition) is 4. The third-order valence-corrected chi connectivity index (χ3v) is 4.69. The quantitative estimate of drug-likeness (QED) is 0.584. The van der Waals surface area contributed by atoms with Gasteiger partial charge in [0.05, 0.1) is 15.9 Å². The van der Waals surface area contributed by atoms with Crippen LogP contribution in [0, 0.1) is 18.6 Å². The van der Waals surface area contributed by atoms with Gasteiger partial charge in [0.1, 0.15) is 17.5 Å². The van der Waals surface area contributed by atoms with Crippen molar-refractivity contribution in [1.29, 1.82) is 0 Å². The van der Waals surface area contributed by atoms with Crippen LogP contribution < -0.4 is 5.32 Å². The van der Waals surface area contributed by atoms with Gasteiger partial charge in [-0.2, -0.15) is 9.78 Å². The van der Waals surface area contributed by atoms with Gasteiger partial charge in [-0.3, -0.25) is 4.79 Å². The molecule has 0 saturated heterocycles. The van der Waals surface area contributed by atoms with Crippen LogP contribution in [0.2, 0.25) is 0 Å². The van der Waals surface area contributed by atoms with Gasteiger partial charge in [-0.1, -0.05) is 11.3 Å². The summed E-state index contributed by atoms with van der Waals surface area (Å²) in [6.07, 6.45) is 0. The highest BCUT2D eigenvalue weighted by Crippen LogP contribution is 2.28. The van der Waals surface area contributed by atoms with Crippen molar-refractivity contribution in [3.63, 3.8) is 0 Å². The first-order valence-corrected chi connectivity index (χ1v) is 8.51. The van der Waals surface area contributed by atoms with Gasteiger partial charge in [0.2, 0.25) is 5.13 Å². The van der Waals surface area contributed by atoms with E-state index in [1.54, 1.807) is 19.1 Å². The average molecular weight is 370 g/mol. The lowest BCUT2D eigenvalue weighted by Crippen LogP contribution is -2.15. The molecule has 0 bridgehead atoms. The summed E-state index contributed by atoms with van der Waals surface area (Å²) >= 11 is 1.27. The second-order valence-electron chi connectivity index (χ2n) is 5.65. The first-order chi connectivity index (χ1) is 12.5. The minimum absolute atomic E-state index is 0.322. The summed E-state index contributed by atoms with van der Waals surface area (Å²) in [5.41, 5.74) is 1.66. The molecule has 4 aromatic rings. The highest BCUT2D eigenvalue weighted by molar-refractivity contribution is 7.20. The van der Waals surface area contributed by atoms with Crippen LogP contribution in [0.25, 0.3) is 15.3 Å². The predicted molar refractivity (Wildman–Crippen MR) is 95.8 cm³/mol. The highest BCUT2D eigenvalue weighted by atomic mass is 32.1. The largest absolute Gasteiger partial charge is 0.306 e. The number of amides is 1. The van der Waals surface area contributed by atoms with Gasteiger partial charge < -0.3 is 5.32 Å². The van der Waals surface area contributed by atoms with Gasteiger partial charge in [-0.15, -0.1) is 0 Å². The van der Waals surface area contributed by atoms with Crippen LogP contribution in [0.5, 0.6) is 0 Å². The second-order valence-corrected chi connectivity index (χ2v) is 6.66. The molecule has 1 N–H and O–H groups in total. The Balaban J connectivity index is 1.69. The highest BCUT2D eigenvalue weighted by Gasteiger charge is 2.15. The van der Waals surface area contributed by atoms with E-state index < -0.39 is 11.7 Å². The van der Waals surface area contributed by atoms with Crippen LogP contribution >= 0.6 is 11.3 Å². The summed E-state index contributed by atoms with van der Waals surface area (Å²) < 4.78 is 28.6. The molecular weight excluding hydrogens is 358 g/mol. The number of hydrogen-bond donors (Lipinski definition) is 1. The number of rotatable bonds is 3. The number of carbonyl (C=O) groups is 1. The summed E-state index contributed by atoms with van der Waals surface area (Å²) in [6.45, 7) is 1.79. The molecule has 0 atom stereocenters. The Morgan fingerprint density at radius 1 is 1.08 bits per heavy atom. The first-order valence-electron chi connectivity index (χ1n) is 7.70. The molecule has 0 aliphatic heterocycles. The van der Waals surface area contributed by atoms with Crippen LogP contribution in [0.15, 0.2) is 48.5 Å². The van der Waals surface area contributed by atoms with E-state index in [4.69, 9.17) is 0 Å². The Morgan fingerprint density at radius 2 is 1.81 bits per heavy atom. The molecule has 2 aromatic carbocycles. The van der Waals surface area contributed by atoms with E-state index in [1.807, 2.05) is 0 Å². The molecule has 130 valence electrons. The van der Waals surface area contributed by atoms with E-state index >= 15 is 0 Å². The van der Waals surface area contributed by atoms with E-state index in [0.29, 0.717) is 32.4 Å². The third kappa shape index (κ3) is 3.06. The minimum Gasteiger partial charge on any atom is -0.306 e. The maximum absolute atomic E-state index is 13.4. The van der Waals surface area contributed by atoms with Crippen molar-refractivity contribution in [2.75, 3.05) is 5.32 Å². The molecule has 5 nitrogen and oxygen atoms in total. The van der Waals surface area contributed by atoms with Crippen molar-refractivity contribution in [2.24, 2.45) is 0 Å². The van der Waals surface area contributed by atoms with E-state index in [9.17, 15) is 13.6 Å². The number of benzene rings is 2. The standard InChI is InChI=1S/C18H12F2N4OS/c1-10-8-16(22-17(25)11-2-4-12(19)5-3-11)24(23-10)18-21-14-7-6-13(20)9-15(14)26-18/h2-9H,1H3,(H,22,25). The monoisotopic (exact) mass is 370 g/mol. The smallest absolute Gasteiger partial charge is 0.256 e. The Bertz CT molecular complexity index is 1120. The number of thiazole rings is 1. The van der Waals surface area contributed by atoms with E-state index in [2.05, 4.69) is 15.4 Å². The number of halogens is 2. The summed E-state index contributed by atoms with van der Waals surface area (Å²) in [5, 5.41) is 7.62. The lowest BCUT2D eigenvalue weighted by molar-refractivity contribution is 0.102. The fraction of sp³-hybridized carbons (Fsp3) is 0.0556. The van der Waals surface area contributed by atoms with Crippen LogP contribution in [-0.4, -0.2) is 20.7 Å². The minimum atomic E-state index is -0.413. The molecule has 0 saturated carbocycles. The van der Waals surface area contributed by atoms with E-state index in [-0.39, 0.29) is 5.82 Å². The number of aromatic nitrogens is 3. The Kier molecular flexibility index (Phi) is 3.96. The SMILES string of the molecule is Cc1cc(NC(=O)c2ccc(F)cc2)n(-c2nc3ccc(F)cc3s2)n1. The molecule has 2 heterocycles. The van der Waals surface area contributed by atoms with Crippen LogP contribution in [0.1, 0.15) is 16.1 Å². The summed E-state index contributed by atoms with van der Waals surface area (Å²) in [4.78, 5) is 16.8. The fourth-order valence-corrected chi connectivity index (χ4v) is 3.46. The molecule has 0 fully saturated rings. The van der Waals surface area contributed by atoms with E-state index in [1.165, 1.54) is 52.4 Å². The number of fused-ring (bicyclic) bond motifs is 1. The maximum Gasteiger partial charge on any atom is 0.256 e. The van der Waals surface area contributed by atoms with Crippen molar-refractivity contribution in [3.8, 4) is 5.13 Å². The van der Waals surface area contributed by atoms with Gasteiger partial charge in [0.15, 0.2) is 0 Å². The zero-order valence-electron chi connectivity index (χ0n) is 13.5. The Morgan fingerprint density at radius 3 is 2.58 bits per heavy atom. The zero-order chi connectivity index (χ0) is 18.3. The molecule has 0 aliphatic rings. The van der Waals surface area contributed by atoms with Gasteiger partial charge in [0, 0.05) is 11.6 Å². The summed E-state index contributed by atoms with van der Waals surface area (Å²) in [5.74, 6) is -0.715. The topological polar surface area (TPSA) is 59.8 Å². The number of anilines is 1. The zero-order valence-corrected chi connectivity index (χ0v) is 14.3. The summed E-state index contributed by atoms with van der Waals surface area (Å²) in [6, 6.07) is 11.3. The lowest BCUT2D eigenvalue weighted by atomic mass is 10.2. The molecule has 0 aliphatic carbocycles. The number of nitrogens with one attached hydrogen (secondary N) is 1. The molecule has 4 rings (SSSR count). The van der Waals surface area contributed by atoms with Gasteiger partial charge in [-0.05, 0) is 49.4 Å². The van der Waals surface area contributed by atoms with Crippen molar-refractivity contribution in [1.82, 2.24) is 14.8 Å². The second kappa shape index (κ2) is 6.30. The molecule has 1 amide bonds. The predicted octanol–water partition coefficient (Wildman–Crippen LogP) is 4.32. The maximum atomic E-state index is 13.4. The number of nitrogens with zero attached hydrogens (tertiary/aromatic N) is 3. The lowest BCUT2D eigenvalue weighted by Gasteiger charge is -2.06. The van der Waals surface area contributed by atoms with Crippen LogP contribution in [0.3, 0.4) is 0 Å². The molecule has 26 heavy (non-hydrogen) atoms. The molecular formula is C18H12F2N4OS.